The summed E-state index contributed by atoms with van der Waals surface area (Å²) in [6, 6.07) is 19.6. The van der Waals surface area contributed by atoms with Crippen molar-refractivity contribution in [2.75, 3.05) is 0 Å². The molecule has 6 nitrogen and oxygen atoms in total. The zero-order valence-electron chi connectivity index (χ0n) is 14.4. The predicted molar refractivity (Wildman–Crippen MR) is 100 cm³/mol. The highest BCUT2D eigenvalue weighted by Gasteiger charge is 2.15. The second-order valence-electron chi connectivity index (χ2n) is 5.82. The minimum atomic E-state index is -0.519. The molecular formula is C21H16N4O2. The third-order valence-electron chi connectivity index (χ3n) is 3.99. The van der Waals surface area contributed by atoms with Crippen LogP contribution < -0.4 is 0 Å². The van der Waals surface area contributed by atoms with Gasteiger partial charge in [-0.1, -0.05) is 48.5 Å². The molecule has 0 N–H and O–H groups in total. The average molecular weight is 356 g/mol. The van der Waals surface area contributed by atoms with Gasteiger partial charge in [0.1, 0.15) is 6.61 Å². The molecule has 0 atom stereocenters. The molecule has 2 heterocycles. The van der Waals surface area contributed by atoms with Gasteiger partial charge in [0.15, 0.2) is 5.69 Å². The first-order valence-corrected chi connectivity index (χ1v) is 8.44. The summed E-state index contributed by atoms with van der Waals surface area (Å²) in [5.74, 6) is -0.519. The minimum Gasteiger partial charge on any atom is -0.456 e. The Bertz CT molecular complexity index is 1030. The Hall–Kier alpha value is -3.80. The van der Waals surface area contributed by atoms with Crippen LogP contribution in [-0.4, -0.2) is 25.7 Å². The third-order valence-corrected chi connectivity index (χ3v) is 3.99. The lowest BCUT2D eigenvalue weighted by atomic mass is 10.1. The molecule has 0 spiro atoms. The molecule has 4 aromatic rings. The Kier molecular flexibility index (Phi) is 4.70. The van der Waals surface area contributed by atoms with Crippen molar-refractivity contribution in [3.05, 3.63) is 96.7 Å². The molecule has 2 aromatic heterocycles. The fraction of sp³-hybridized carbons (Fsp3) is 0.0476. The first kappa shape index (κ1) is 16.7. The quantitative estimate of drug-likeness (QED) is 0.510. The second kappa shape index (κ2) is 7.61. The summed E-state index contributed by atoms with van der Waals surface area (Å²) < 4.78 is 7.22. The van der Waals surface area contributed by atoms with Gasteiger partial charge in [0, 0.05) is 29.7 Å². The van der Waals surface area contributed by atoms with E-state index >= 15 is 0 Å². The Morgan fingerprint density at radius 2 is 1.70 bits per heavy atom. The fourth-order valence-corrected chi connectivity index (χ4v) is 2.69. The monoisotopic (exact) mass is 356 g/mol. The van der Waals surface area contributed by atoms with Crippen molar-refractivity contribution in [3.63, 3.8) is 0 Å². The van der Waals surface area contributed by atoms with E-state index in [1.807, 2.05) is 66.9 Å². The zero-order valence-corrected chi connectivity index (χ0v) is 14.4. The number of benzene rings is 2. The number of carbonyl (C=O) groups excluding carboxylic acids is 1. The van der Waals surface area contributed by atoms with E-state index in [9.17, 15) is 4.79 Å². The van der Waals surface area contributed by atoms with Crippen molar-refractivity contribution in [1.82, 2.24) is 19.7 Å². The van der Waals surface area contributed by atoms with Gasteiger partial charge in [-0.3, -0.25) is 4.98 Å². The number of para-hydroxylation sites is 1. The second-order valence-corrected chi connectivity index (χ2v) is 5.82. The van der Waals surface area contributed by atoms with Gasteiger partial charge in [-0.15, -0.1) is 0 Å². The highest BCUT2D eigenvalue weighted by atomic mass is 16.5. The van der Waals surface area contributed by atoms with Crippen LogP contribution in [0.3, 0.4) is 0 Å². The van der Waals surface area contributed by atoms with E-state index in [-0.39, 0.29) is 12.3 Å². The molecule has 0 saturated carbocycles. The average Bonchev–Trinajstić information content (AvgIpc) is 3.18. The van der Waals surface area contributed by atoms with E-state index in [2.05, 4.69) is 9.97 Å². The maximum atomic E-state index is 12.2. The van der Waals surface area contributed by atoms with Crippen molar-refractivity contribution < 1.29 is 9.53 Å². The van der Waals surface area contributed by atoms with E-state index in [1.165, 1.54) is 18.6 Å². The Balaban J connectivity index is 1.64. The van der Waals surface area contributed by atoms with Crippen molar-refractivity contribution in [1.29, 1.82) is 0 Å². The van der Waals surface area contributed by atoms with Crippen LogP contribution in [0.1, 0.15) is 16.1 Å². The number of hydrogen-bond acceptors (Lipinski definition) is 5. The lowest BCUT2D eigenvalue weighted by Gasteiger charge is -2.04. The Morgan fingerprint density at radius 1 is 0.963 bits per heavy atom. The van der Waals surface area contributed by atoms with Crippen LogP contribution in [0.4, 0.5) is 0 Å². The van der Waals surface area contributed by atoms with Crippen molar-refractivity contribution in [2.24, 2.45) is 0 Å². The van der Waals surface area contributed by atoms with Crippen molar-refractivity contribution >= 4 is 5.97 Å². The van der Waals surface area contributed by atoms with Crippen LogP contribution >= 0.6 is 0 Å². The van der Waals surface area contributed by atoms with Crippen molar-refractivity contribution in [2.45, 2.75) is 6.61 Å². The Morgan fingerprint density at radius 3 is 2.41 bits per heavy atom. The molecular weight excluding hydrogens is 340 g/mol. The number of aromatic nitrogens is 4. The summed E-state index contributed by atoms with van der Waals surface area (Å²) in [5, 5.41) is 4.70. The largest absolute Gasteiger partial charge is 0.456 e. The molecule has 132 valence electrons. The molecule has 0 amide bonds. The van der Waals surface area contributed by atoms with Crippen LogP contribution in [0.15, 0.2) is 85.5 Å². The van der Waals surface area contributed by atoms with Gasteiger partial charge in [-0.25, -0.2) is 14.5 Å². The maximum absolute atomic E-state index is 12.2. The highest BCUT2D eigenvalue weighted by molar-refractivity contribution is 5.86. The smallest absolute Gasteiger partial charge is 0.358 e. The first-order valence-electron chi connectivity index (χ1n) is 8.44. The van der Waals surface area contributed by atoms with Crippen LogP contribution in [0, 0.1) is 0 Å². The van der Waals surface area contributed by atoms with E-state index < -0.39 is 5.97 Å². The Labute approximate surface area is 156 Å². The van der Waals surface area contributed by atoms with Crippen LogP contribution in [0.5, 0.6) is 0 Å². The van der Waals surface area contributed by atoms with Gasteiger partial charge >= 0.3 is 5.97 Å². The van der Waals surface area contributed by atoms with E-state index in [0.717, 1.165) is 22.5 Å². The van der Waals surface area contributed by atoms with Gasteiger partial charge in [-0.05, 0) is 12.1 Å². The van der Waals surface area contributed by atoms with Gasteiger partial charge in [-0.2, -0.15) is 5.10 Å². The molecule has 2 aromatic carbocycles. The maximum Gasteiger partial charge on any atom is 0.358 e. The molecule has 0 fully saturated rings. The molecule has 4 rings (SSSR count). The number of esters is 1. The fourth-order valence-electron chi connectivity index (χ4n) is 2.69. The number of nitrogens with zero attached hydrogens (tertiary/aromatic N) is 4. The summed E-state index contributed by atoms with van der Waals surface area (Å²) in [6.45, 7) is 0.0898. The molecule has 6 heteroatoms. The standard InChI is InChI=1S/C21H16N4O2/c26-21(19-13-22-11-12-23-19)27-15-17-14-25(18-9-5-2-6-10-18)24-20(17)16-7-3-1-4-8-16/h1-14H,15H2. The SMILES string of the molecule is O=C(OCc1cn(-c2ccccc2)nc1-c1ccccc1)c1cnccn1. The van der Waals surface area contributed by atoms with Crippen LogP contribution in [-0.2, 0) is 11.3 Å². The predicted octanol–water partition coefficient (Wildman–Crippen LogP) is 3.69. The van der Waals surface area contributed by atoms with Crippen molar-refractivity contribution in [3.8, 4) is 16.9 Å². The molecule has 0 saturated heterocycles. The summed E-state index contributed by atoms with van der Waals surface area (Å²) in [7, 11) is 0. The van der Waals surface area contributed by atoms with Gasteiger partial charge in [0.2, 0.25) is 0 Å². The van der Waals surface area contributed by atoms with Crippen LogP contribution in [0.25, 0.3) is 16.9 Å². The van der Waals surface area contributed by atoms with Gasteiger partial charge < -0.3 is 4.74 Å². The number of rotatable bonds is 5. The normalized spacial score (nSPS) is 10.5. The molecule has 0 aliphatic heterocycles. The summed E-state index contributed by atoms with van der Waals surface area (Å²) >= 11 is 0. The summed E-state index contributed by atoms with van der Waals surface area (Å²) in [5.41, 5.74) is 3.64. The van der Waals surface area contributed by atoms with E-state index in [4.69, 9.17) is 9.84 Å². The highest BCUT2D eigenvalue weighted by Crippen LogP contribution is 2.24. The molecule has 0 radical (unpaired) electrons. The minimum absolute atomic E-state index is 0.0898. The van der Waals surface area contributed by atoms with Gasteiger partial charge in [0.25, 0.3) is 0 Å². The molecule has 0 aliphatic carbocycles. The number of ether oxygens (including phenoxy) is 1. The topological polar surface area (TPSA) is 69.9 Å². The van der Waals surface area contributed by atoms with Gasteiger partial charge in [0.05, 0.1) is 17.6 Å². The number of carbonyl (C=O) groups is 1. The summed E-state index contributed by atoms with van der Waals surface area (Å²) in [6.07, 6.45) is 6.23. The lowest BCUT2D eigenvalue weighted by molar-refractivity contribution is 0.0466. The third kappa shape index (κ3) is 3.74. The molecule has 27 heavy (non-hydrogen) atoms. The van der Waals surface area contributed by atoms with E-state index in [1.54, 1.807) is 4.68 Å². The first-order chi connectivity index (χ1) is 13.3. The van der Waals surface area contributed by atoms with E-state index in [0.29, 0.717) is 0 Å². The zero-order chi connectivity index (χ0) is 18.5. The molecule has 0 unspecified atom stereocenters. The molecule has 0 aliphatic rings. The molecule has 0 bridgehead atoms. The number of hydrogen-bond donors (Lipinski definition) is 0. The van der Waals surface area contributed by atoms with Crippen LogP contribution in [0.2, 0.25) is 0 Å². The lowest BCUT2D eigenvalue weighted by Crippen LogP contribution is -2.07. The summed E-state index contributed by atoms with van der Waals surface area (Å²) in [4.78, 5) is 20.0.